The van der Waals surface area contributed by atoms with E-state index in [4.69, 9.17) is 4.74 Å². The van der Waals surface area contributed by atoms with Gasteiger partial charge in [-0.15, -0.1) is 0 Å². The van der Waals surface area contributed by atoms with Crippen molar-refractivity contribution in [3.63, 3.8) is 0 Å². The molecule has 1 heterocycles. The van der Waals surface area contributed by atoms with Gasteiger partial charge in [-0.1, -0.05) is 23.5 Å². The van der Waals surface area contributed by atoms with E-state index < -0.39 is 11.7 Å². The SMILES string of the molecule is CC(C)(C)OC(=O)Nc1ncc(-c2ccc(F)cc2)s1. The Labute approximate surface area is 120 Å². The van der Waals surface area contributed by atoms with E-state index in [0.29, 0.717) is 5.13 Å². The molecule has 1 amide bonds. The first-order chi connectivity index (χ1) is 9.33. The van der Waals surface area contributed by atoms with Crippen LogP contribution < -0.4 is 5.32 Å². The van der Waals surface area contributed by atoms with E-state index in [1.54, 1.807) is 39.1 Å². The summed E-state index contributed by atoms with van der Waals surface area (Å²) in [5, 5.41) is 3.02. The van der Waals surface area contributed by atoms with Crippen molar-refractivity contribution >= 4 is 22.6 Å². The summed E-state index contributed by atoms with van der Waals surface area (Å²) in [6, 6.07) is 6.10. The van der Waals surface area contributed by atoms with Crippen molar-refractivity contribution in [1.82, 2.24) is 4.98 Å². The van der Waals surface area contributed by atoms with Crippen LogP contribution in [0.4, 0.5) is 14.3 Å². The number of amides is 1. The summed E-state index contributed by atoms with van der Waals surface area (Å²) in [5.41, 5.74) is 0.294. The normalized spacial score (nSPS) is 11.2. The second kappa shape index (κ2) is 5.58. The molecule has 0 atom stereocenters. The number of anilines is 1. The van der Waals surface area contributed by atoms with Crippen molar-refractivity contribution in [2.75, 3.05) is 5.32 Å². The molecule has 1 aromatic heterocycles. The zero-order valence-corrected chi connectivity index (χ0v) is 12.3. The van der Waals surface area contributed by atoms with Crippen LogP contribution in [0.25, 0.3) is 10.4 Å². The van der Waals surface area contributed by atoms with E-state index in [1.807, 2.05) is 0 Å². The first-order valence-electron chi connectivity index (χ1n) is 6.05. The number of rotatable bonds is 2. The molecule has 2 rings (SSSR count). The minimum atomic E-state index is -0.554. The number of ether oxygens (including phenoxy) is 1. The van der Waals surface area contributed by atoms with Crippen LogP contribution in [0.5, 0.6) is 0 Å². The molecular weight excluding hydrogens is 279 g/mol. The Hall–Kier alpha value is -1.95. The summed E-state index contributed by atoms with van der Waals surface area (Å²) in [4.78, 5) is 16.5. The lowest BCUT2D eigenvalue weighted by Gasteiger charge is -2.18. The molecule has 0 unspecified atom stereocenters. The second-order valence-electron chi connectivity index (χ2n) is 5.16. The van der Waals surface area contributed by atoms with Gasteiger partial charge >= 0.3 is 6.09 Å². The van der Waals surface area contributed by atoms with Crippen LogP contribution in [0, 0.1) is 5.82 Å². The van der Waals surface area contributed by atoms with Gasteiger partial charge in [0.2, 0.25) is 0 Å². The summed E-state index contributed by atoms with van der Waals surface area (Å²) >= 11 is 1.30. The van der Waals surface area contributed by atoms with Crippen LogP contribution in [0.2, 0.25) is 0 Å². The fraction of sp³-hybridized carbons (Fsp3) is 0.286. The number of thiazole rings is 1. The number of benzene rings is 1. The van der Waals surface area contributed by atoms with E-state index in [9.17, 15) is 9.18 Å². The minimum Gasteiger partial charge on any atom is -0.444 e. The van der Waals surface area contributed by atoms with Gasteiger partial charge in [0.05, 0.1) is 4.88 Å². The molecule has 1 N–H and O–H groups in total. The van der Waals surface area contributed by atoms with Gasteiger partial charge in [0.1, 0.15) is 11.4 Å². The molecule has 0 saturated heterocycles. The number of hydrogen-bond acceptors (Lipinski definition) is 4. The first kappa shape index (κ1) is 14.5. The molecule has 106 valence electrons. The smallest absolute Gasteiger partial charge is 0.413 e. The van der Waals surface area contributed by atoms with Crippen LogP contribution in [-0.4, -0.2) is 16.7 Å². The summed E-state index contributed by atoms with van der Waals surface area (Å²) < 4.78 is 18.0. The van der Waals surface area contributed by atoms with Crippen molar-refractivity contribution in [3.05, 3.63) is 36.3 Å². The summed E-state index contributed by atoms with van der Waals surface area (Å²) in [5.74, 6) is -0.287. The number of carbonyl (C=O) groups excluding carboxylic acids is 1. The maximum Gasteiger partial charge on any atom is 0.413 e. The van der Waals surface area contributed by atoms with Gasteiger partial charge in [-0.05, 0) is 38.5 Å². The van der Waals surface area contributed by atoms with E-state index in [0.717, 1.165) is 10.4 Å². The Kier molecular flexibility index (Phi) is 4.04. The standard InChI is InChI=1S/C14H15FN2O2S/c1-14(2,3)19-13(18)17-12-16-8-11(20-12)9-4-6-10(15)7-5-9/h4-8H,1-3H3,(H,16,17,18). The monoisotopic (exact) mass is 294 g/mol. The number of nitrogens with one attached hydrogen (secondary N) is 1. The topological polar surface area (TPSA) is 51.2 Å². The number of aromatic nitrogens is 1. The van der Waals surface area contributed by atoms with E-state index in [2.05, 4.69) is 10.3 Å². The van der Waals surface area contributed by atoms with Crippen LogP contribution in [0.3, 0.4) is 0 Å². The third-order valence-electron chi connectivity index (χ3n) is 2.24. The predicted octanol–water partition coefficient (Wildman–Crippen LogP) is 4.30. The number of nitrogens with zero attached hydrogens (tertiary/aromatic N) is 1. The third kappa shape index (κ3) is 4.03. The first-order valence-corrected chi connectivity index (χ1v) is 6.87. The molecule has 0 aliphatic carbocycles. The average Bonchev–Trinajstić information content (AvgIpc) is 2.75. The molecule has 20 heavy (non-hydrogen) atoms. The molecule has 6 heteroatoms. The van der Waals surface area contributed by atoms with Gasteiger partial charge in [0.15, 0.2) is 5.13 Å². The van der Waals surface area contributed by atoms with Crippen molar-refractivity contribution in [2.24, 2.45) is 0 Å². The third-order valence-corrected chi connectivity index (χ3v) is 3.20. The molecule has 0 aliphatic heterocycles. The van der Waals surface area contributed by atoms with Gasteiger partial charge in [-0.25, -0.2) is 14.2 Å². The van der Waals surface area contributed by atoms with Gasteiger partial charge in [-0.3, -0.25) is 5.32 Å². The highest BCUT2D eigenvalue weighted by Crippen LogP contribution is 2.29. The zero-order valence-electron chi connectivity index (χ0n) is 11.4. The van der Waals surface area contributed by atoms with Gasteiger partial charge in [0, 0.05) is 6.20 Å². The highest BCUT2D eigenvalue weighted by Gasteiger charge is 2.17. The van der Waals surface area contributed by atoms with Crippen LogP contribution in [0.15, 0.2) is 30.5 Å². The fourth-order valence-corrected chi connectivity index (χ4v) is 2.28. The Balaban J connectivity index is 2.06. The highest BCUT2D eigenvalue weighted by atomic mass is 32.1. The number of carbonyl (C=O) groups is 1. The van der Waals surface area contributed by atoms with Crippen LogP contribution in [-0.2, 0) is 4.74 Å². The van der Waals surface area contributed by atoms with Crippen molar-refractivity contribution in [3.8, 4) is 10.4 Å². The summed E-state index contributed by atoms with van der Waals surface area (Å²) in [6.45, 7) is 5.37. The number of hydrogen-bond donors (Lipinski definition) is 1. The molecule has 2 aromatic rings. The Morgan fingerprint density at radius 1 is 1.30 bits per heavy atom. The maximum absolute atomic E-state index is 12.9. The van der Waals surface area contributed by atoms with E-state index >= 15 is 0 Å². The fourth-order valence-electron chi connectivity index (χ4n) is 1.47. The van der Waals surface area contributed by atoms with Crippen molar-refractivity contribution in [1.29, 1.82) is 0 Å². The van der Waals surface area contributed by atoms with Gasteiger partial charge < -0.3 is 4.74 Å². The van der Waals surface area contributed by atoms with Crippen LogP contribution in [0.1, 0.15) is 20.8 Å². The van der Waals surface area contributed by atoms with Crippen molar-refractivity contribution < 1.29 is 13.9 Å². The van der Waals surface area contributed by atoms with Crippen molar-refractivity contribution in [2.45, 2.75) is 26.4 Å². The second-order valence-corrected chi connectivity index (χ2v) is 6.19. The highest BCUT2D eigenvalue weighted by molar-refractivity contribution is 7.19. The van der Waals surface area contributed by atoms with Gasteiger partial charge in [0.25, 0.3) is 0 Å². The molecule has 0 saturated carbocycles. The lowest BCUT2D eigenvalue weighted by molar-refractivity contribution is 0.0636. The Morgan fingerprint density at radius 2 is 1.95 bits per heavy atom. The molecule has 1 aromatic carbocycles. The van der Waals surface area contributed by atoms with Gasteiger partial charge in [-0.2, -0.15) is 0 Å². The molecular formula is C14H15FN2O2S. The minimum absolute atomic E-state index is 0.287. The van der Waals surface area contributed by atoms with E-state index in [-0.39, 0.29) is 5.82 Å². The lowest BCUT2D eigenvalue weighted by atomic mass is 10.2. The maximum atomic E-state index is 12.9. The van der Waals surface area contributed by atoms with E-state index in [1.165, 1.54) is 23.5 Å². The molecule has 4 nitrogen and oxygen atoms in total. The Bertz CT molecular complexity index is 602. The largest absolute Gasteiger partial charge is 0.444 e. The quantitative estimate of drug-likeness (QED) is 0.898. The zero-order chi connectivity index (χ0) is 14.8. The molecule has 0 aliphatic rings. The summed E-state index contributed by atoms with van der Waals surface area (Å²) in [7, 11) is 0. The van der Waals surface area contributed by atoms with Crippen LogP contribution >= 0.6 is 11.3 Å². The molecule has 0 bridgehead atoms. The Morgan fingerprint density at radius 3 is 2.55 bits per heavy atom. The lowest BCUT2D eigenvalue weighted by Crippen LogP contribution is -2.27. The number of halogens is 1. The molecule has 0 fully saturated rings. The predicted molar refractivity (Wildman–Crippen MR) is 77.4 cm³/mol. The molecule has 0 spiro atoms. The molecule has 0 radical (unpaired) electrons. The summed E-state index contributed by atoms with van der Waals surface area (Å²) in [6.07, 6.45) is 1.09. The average molecular weight is 294 g/mol.